The summed E-state index contributed by atoms with van der Waals surface area (Å²) in [6, 6.07) is 0.288. The van der Waals surface area contributed by atoms with E-state index in [0.29, 0.717) is 17.6 Å². The highest BCUT2D eigenvalue weighted by Crippen LogP contribution is 2.18. The molecule has 2 rings (SSSR count). The fraction of sp³-hybridized carbons (Fsp3) is 0.769. The molecule has 1 amide bonds. The number of rotatable bonds is 5. The standard InChI is InChI=1S/C13H23N5OS/c1-9(2)7-12-16-17-13(20-12)15-11(19)8-18-5-3-10(14)4-6-18/h9-10H,3-8,14H2,1-2H3,(H,15,17,19). The lowest BCUT2D eigenvalue weighted by molar-refractivity contribution is -0.117. The van der Waals surface area contributed by atoms with Crippen LogP contribution in [0.1, 0.15) is 31.7 Å². The average molecular weight is 297 g/mol. The molecule has 0 radical (unpaired) electrons. The number of aromatic nitrogens is 2. The smallest absolute Gasteiger partial charge is 0.240 e. The molecule has 1 aliphatic heterocycles. The molecule has 0 bridgehead atoms. The van der Waals surface area contributed by atoms with Crippen LogP contribution in [0, 0.1) is 5.92 Å². The summed E-state index contributed by atoms with van der Waals surface area (Å²) in [4.78, 5) is 14.1. The Bertz CT molecular complexity index is 440. The average Bonchev–Trinajstić information content (AvgIpc) is 2.78. The fourth-order valence-corrected chi connectivity index (χ4v) is 3.18. The van der Waals surface area contributed by atoms with Gasteiger partial charge in [-0.05, 0) is 18.8 Å². The molecule has 0 aliphatic carbocycles. The van der Waals surface area contributed by atoms with Gasteiger partial charge in [-0.2, -0.15) is 0 Å². The van der Waals surface area contributed by atoms with Gasteiger partial charge in [0, 0.05) is 25.6 Å². The highest BCUT2D eigenvalue weighted by molar-refractivity contribution is 7.15. The van der Waals surface area contributed by atoms with Gasteiger partial charge < -0.3 is 5.73 Å². The molecule has 0 atom stereocenters. The van der Waals surface area contributed by atoms with Crippen molar-refractivity contribution in [2.45, 2.75) is 39.2 Å². The summed E-state index contributed by atoms with van der Waals surface area (Å²) in [6.07, 6.45) is 2.83. The minimum atomic E-state index is -0.0206. The topological polar surface area (TPSA) is 84.1 Å². The first-order valence-corrected chi connectivity index (χ1v) is 7.94. The van der Waals surface area contributed by atoms with E-state index in [2.05, 4.69) is 34.3 Å². The van der Waals surface area contributed by atoms with Gasteiger partial charge in [-0.25, -0.2) is 0 Å². The van der Waals surface area contributed by atoms with Gasteiger partial charge in [-0.1, -0.05) is 25.2 Å². The molecule has 20 heavy (non-hydrogen) atoms. The molecule has 0 saturated carbocycles. The Morgan fingerprint density at radius 3 is 2.80 bits per heavy atom. The minimum absolute atomic E-state index is 0.0206. The number of carbonyl (C=O) groups is 1. The lowest BCUT2D eigenvalue weighted by Gasteiger charge is -2.29. The van der Waals surface area contributed by atoms with Crippen LogP contribution in [0.3, 0.4) is 0 Å². The Hall–Kier alpha value is -1.05. The van der Waals surface area contributed by atoms with Crippen molar-refractivity contribution in [2.24, 2.45) is 11.7 Å². The molecule has 0 aromatic carbocycles. The predicted molar refractivity (Wildman–Crippen MR) is 80.7 cm³/mol. The number of amides is 1. The van der Waals surface area contributed by atoms with E-state index in [-0.39, 0.29) is 11.9 Å². The van der Waals surface area contributed by atoms with Crippen LogP contribution in [-0.2, 0) is 11.2 Å². The van der Waals surface area contributed by atoms with Gasteiger partial charge in [-0.15, -0.1) is 10.2 Å². The summed E-state index contributed by atoms with van der Waals surface area (Å²) >= 11 is 1.46. The highest BCUT2D eigenvalue weighted by atomic mass is 32.1. The monoisotopic (exact) mass is 297 g/mol. The van der Waals surface area contributed by atoms with Crippen molar-refractivity contribution in [2.75, 3.05) is 25.0 Å². The first-order chi connectivity index (χ1) is 9.52. The summed E-state index contributed by atoms with van der Waals surface area (Å²) in [5.41, 5.74) is 5.85. The Balaban J connectivity index is 1.78. The molecule has 3 N–H and O–H groups in total. The van der Waals surface area contributed by atoms with Crippen LogP contribution in [0.5, 0.6) is 0 Å². The lowest BCUT2D eigenvalue weighted by atomic mass is 10.1. The van der Waals surface area contributed by atoms with E-state index in [1.807, 2.05) is 0 Å². The fourth-order valence-electron chi connectivity index (χ4n) is 2.21. The number of hydrogen-bond donors (Lipinski definition) is 2. The number of anilines is 1. The van der Waals surface area contributed by atoms with Crippen LogP contribution in [0.15, 0.2) is 0 Å². The molecule has 1 fully saturated rings. The van der Waals surface area contributed by atoms with E-state index in [0.717, 1.165) is 37.4 Å². The third-order valence-corrected chi connectivity index (χ3v) is 4.16. The van der Waals surface area contributed by atoms with Gasteiger partial charge in [0.1, 0.15) is 5.01 Å². The third kappa shape index (κ3) is 4.81. The second-order valence-electron chi connectivity index (χ2n) is 5.76. The van der Waals surface area contributed by atoms with Crippen LogP contribution in [0.25, 0.3) is 0 Å². The molecule has 1 aromatic rings. The van der Waals surface area contributed by atoms with Gasteiger partial charge in [0.2, 0.25) is 11.0 Å². The molecule has 0 unspecified atom stereocenters. The maximum absolute atomic E-state index is 11.9. The van der Waals surface area contributed by atoms with E-state index in [1.54, 1.807) is 0 Å². The van der Waals surface area contributed by atoms with Crippen LogP contribution in [-0.4, -0.2) is 46.7 Å². The quantitative estimate of drug-likeness (QED) is 0.850. The molecule has 1 aromatic heterocycles. The van der Waals surface area contributed by atoms with Crippen molar-refractivity contribution in [3.63, 3.8) is 0 Å². The molecule has 0 spiro atoms. The van der Waals surface area contributed by atoms with E-state index >= 15 is 0 Å². The molecule has 6 nitrogen and oxygen atoms in total. The summed E-state index contributed by atoms with van der Waals surface area (Å²) in [5.74, 6) is 0.525. The van der Waals surface area contributed by atoms with E-state index < -0.39 is 0 Å². The number of nitrogens with one attached hydrogen (secondary N) is 1. The van der Waals surface area contributed by atoms with Crippen LogP contribution in [0.2, 0.25) is 0 Å². The van der Waals surface area contributed by atoms with Crippen molar-refractivity contribution in [1.82, 2.24) is 15.1 Å². The first-order valence-electron chi connectivity index (χ1n) is 7.13. The zero-order valence-corrected chi connectivity index (χ0v) is 12.9. The summed E-state index contributed by atoms with van der Waals surface area (Å²) in [7, 11) is 0. The molecule has 1 saturated heterocycles. The zero-order valence-electron chi connectivity index (χ0n) is 12.1. The molecule has 1 aliphatic rings. The maximum atomic E-state index is 11.9. The SMILES string of the molecule is CC(C)Cc1nnc(NC(=O)CN2CCC(N)CC2)s1. The van der Waals surface area contributed by atoms with Gasteiger partial charge in [0.05, 0.1) is 6.54 Å². The number of nitrogens with zero attached hydrogens (tertiary/aromatic N) is 3. The van der Waals surface area contributed by atoms with Crippen molar-refractivity contribution in [1.29, 1.82) is 0 Å². The maximum Gasteiger partial charge on any atom is 0.240 e. The third-order valence-electron chi connectivity index (χ3n) is 3.30. The predicted octanol–water partition coefficient (Wildman–Crippen LogP) is 1.10. The number of carbonyl (C=O) groups excluding carboxylic acids is 1. The molecule has 2 heterocycles. The number of piperidine rings is 1. The van der Waals surface area contributed by atoms with Crippen molar-refractivity contribution < 1.29 is 4.79 Å². The molecule has 112 valence electrons. The van der Waals surface area contributed by atoms with Gasteiger partial charge in [-0.3, -0.25) is 15.0 Å². The number of hydrogen-bond acceptors (Lipinski definition) is 6. The van der Waals surface area contributed by atoms with E-state index in [9.17, 15) is 4.79 Å². The summed E-state index contributed by atoms with van der Waals surface area (Å²) in [5, 5.41) is 12.5. The van der Waals surface area contributed by atoms with E-state index in [4.69, 9.17) is 5.73 Å². The Morgan fingerprint density at radius 2 is 2.15 bits per heavy atom. The molecular formula is C13H23N5OS. The van der Waals surface area contributed by atoms with Gasteiger partial charge >= 0.3 is 0 Å². The van der Waals surface area contributed by atoms with E-state index in [1.165, 1.54) is 11.3 Å². The van der Waals surface area contributed by atoms with Crippen molar-refractivity contribution in [3.05, 3.63) is 5.01 Å². The largest absolute Gasteiger partial charge is 0.328 e. The lowest BCUT2D eigenvalue weighted by Crippen LogP contribution is -2.43. The van der Waals surface area contributed by atoms with Crippen molar-refractivity contribution >= 4 is 22.4 Å². The number of nitrogens with two attached hydrogens (primary N) is 1. The Labute approximate surface area is 123 Å². The van der Waals surface area contributed by atoms with Gasteiger partial charge in [0.25, 0.3) is 0 Å². The zero-order chi connectivity index (χ0) is 14.5. The summed E-state index contributed by atoms with van der Waals surface area (Å²) in [6.45, 7) is 6.47. The Morgan fingerprint density at radius 1 is 1.45 bits per heavy atom. The Kier molecular flexibility index (Phi) is 5.45. The second kappa shape index (κ2) is 7.10. The minimum Gasteiger partial charge on any atom is -0.328 e. The molecular weight excluding hydrogens is 274 g/mol. The van der Waals surface area contributed by atoms with Gasteiger partial charge in [0.15, 0.2) is 0 Å². The van der Waals surface area contributed by atoms with Crippen LogP contribution < -0.4 is 11.1 Å². The first kappa shape index (κ1) is 15.3. The molecule has 7 heteroatoms. The number of likely N-dealkylation sites (tertiary alicyclic amines) is 1. The second-order valence-corrected chi connectivity index (χ2v) is 6.82. The van der Waals surface area contributed by atoms with Crippen LogP contribution in [0.4, 0.5) is 5.13 Å². The highest BCUT2D eigenvalue weighted by Gasteiger charge is 2.18. The van der Waals surface area contributed by atoms with Crippen LogP contribution >= 0.6 is 11.3 Å². The normalized spacial score (nSPS) is 17.6. The summed E-state index contributed by atoms with van der Waals surface area (Å²) < 4.78 is 0. The van der Waals surface area contributed by atoms with Crippen molar-refractivity contribution in [3.8, 4) is 0 Å².